The fourth-order valence-electron chi connectivity index (χ4n) is 3.40. The minimum atomic E-state index is -0.158. The average Bonchev–Trinajstić information content (AvgIpc) is 2.86. The normalized spacial score (nSPS) is 29.9. The van der Waals surface area contributed by atoms with Gasteiger partial charge in [-0.15, -0.1) is 0 Å². The summed E-state index contributed by atoms with van der Waals surface area (Å²) in [4.78, 5) is 15.1. The van der Waals surface area contributed by atoms with Gasteiger partial charge in [-0.25, -0.2) is 0 Å². The second kappa shape index (κ2) is 6.84. The molecule has 0 aromatic heterocycles. The van der Waals surface area contributed by atoms with Gasteiger partial charge in [0.15, 0.2) is 0 Å². The molecule has 2 fully saturated rings. The zero-order valence-corrected chi connectivity index (χ0v) is 13.4. The second-order valence-corrected chi connectivity index (χ2v) is 7.08. The Morgan fingerprint density at radius 3 is 2.81 bits per heavy atom. The highest BCUT2D eigenvalue weighted by Crippen LogP contribution is 2.32. The number of nitrogens with zero attached hydrogens (tertiary/aromatic N) is 1. The number of hydrogen-bond donors (Lipinski definition) is 1. The van der Waals surface area contributed by atoms with Crippen LogP contribution in [0, 0.1) is 0 Å². The Labute approximate surface area is 131 Å². The smallest absolute Gasteiger partial charge is 0.245 e. The van der Waals surface area contributed by atoms with E-state index in [2.05, 4.69) is 29.3 Å². The van der Waals surface area contributed by atoms with Crippen molar-refractivity contribution in [1.82, 2.24) is 10.2 Å². The summed E-state index contributed by atoms with van der Waals surface area (Å²) in [5.41, 5.74) is 1.09. The van der Waals surface area contributed by atoms with E-state index in [0.29, 0.717) is 6.04 Å². The van der Waals surface area contributed by atoms with Crippen LogP contribution < -0.4 is 5.32 Å². The molecule has 21 heavy (non-hydrogen) atoms. The Morgan fingerprint density at radius 2 is 2.14 bits per heavy atom. The van der Waals surface area contributed by atoms with Crippen LogP contribution in [0.3, 0.4) is 0 Å². The van der Waals surface area contributed by atoms with Gasteiger partial charge in [0, 0.05) is 11.8 Å². The van der Waals surface area contributed by atoms with Crippen LogP contribution in [0.4, 0.5) is 0 Å². The fraction of sp³-hybridized carbons (Fsp3) is 0.588. The van der Waals surface area contributed by atoms with Crippen LogP contribution in [0.5, 0.6) is 0 Å². The molecule has 2 aliphatic heterocycles. The van der Waals surface area contributed by atoms with Crippen LogP contribution in [-0.2, 0) is 4.79 Å². The Hall–Kier alpha value is -1.00. The first-order chi connectivity index (χ1) is 10.3. The third kappa shape index (κ3) is 3.11. The molecule has 1 amide bonds. The standard InChI is InChI=1S/C17H24N2OS/c1-2-7-15-18-16(13-8-4-3-5-9-13)17(20)19(15)14-10-6-11-21-12-14/h3-5,8-9,14-16,18H,2,6-7,10-12H2,1H3. The van der Waals surface area contributed by atoms with E-state index in [1.165, 1.54) is 12.2 Å². The summed E-state index contributed by atoms with van der Waals surface area (Å²) in [5.74, 6) is 2.61. The molecule has 0 saturated carbocycles. The van der Waals surface area contributed by atoms with Crippen molar-refractivity contribution in [3.63, 3.8) is 0 Å². The average molecular weight is 304 g/mol. The highest BCUT2D eigenvalue weighted by Gasteiger charge is 2.42. The SMILES string of the molecule is CCCC1NC(c2ccccc2)C(=O)N1C1CCCSC1. The summed E-state index contributed by atoms with van der Waals surface area (Å²) in [7, 11) is 0. The first-order valence-corrected chi connectivity index (χ1v) is 9.17. The molecule has 3 rings (SSSR count). The van der Waals surface area contributed by atoms with Crippen LogP contribution in [0.15, 0.2) is 30.3 Å². The van der Waals surface area contributed by atoms with E-state index in [4.69, 9.17) is 0 Å². The van der Waals surface area contributed by atoms with Crippen LogP contribution in [0.25, 0.3) is 0 Å². The van der Waals surface area contributed by atoms with Crippen LogP contribution in [-0.4, -0.2) is 34.5 Å². The molecule has 2 aliphatic rings. The van der Waals surface area contributed by atoms with Gasteiger partial charge in [-0.3, -0.25) is 10.1 Å². The quantitative estimate of drug-likeness (QED) is 0.927. The lowest BCUT2D eigenvalue weighted by Crippen LogP contribution is -2.46. The van der Waals surface area contributed by atoms with Gasteiger partial charge in [-0.2, -0.15) is 11.8 Å². The number of carbonyl (C=O) groups is 1. The zero-order chi connectivity index (χ0) is 14.7. The summed E-state index contributed by atoms with van der Waals surface area (Å²) >= 11 is 1.99. The Bertz CT molecular complexity index is 473. The second-order valence-electron chi connectivity index (χ2n) is 5.93. The molecule has 1 aromatic carbocycles. The zero-order valence-electron chi connectivity index (χ0n) is 12.6. The van der Waals surface area contributed by atoms with E-state index < -0.39 is 0 Å². The van der Waals surface area contributed by atoms with Gasteiger partial charge in [-0.05, 0) is 30.6 Å². The van der Waals surface area contributed by atoms with Gasteiger partial charge in [0.2, 0.25) is 5.91 Å². The molecule has 2 heterocycles. The lowest BCUT2D eigenvalue weighted by atomic mass is 10.1. The maximum atomic E-state index is 12.9. The molecule has 0 bridgehead atoms. The Kier molecular flexibility index (Phi) is 4.86. The molecular formula is C17H24N2OS. The van der Waals surface area contributed by atoms with Crippen molar-refractivity contribution in [2.45, 2.75) is 50.9 Å². The van der Waals surface area contributed by atoms with Gasteiger partial charge in [-0.1, -0.05) is 43.7 Å². The summed E-state index contributed by atoms with van der Waals surface area (Å²) in [6, 6.07) is 10.4. The van der Waals surface area contributed by atoms with E-state index in [1.54, 1.807) is 0 Å². The summed E-state index contributed by atoms with van der Waals surface area (Å²) in [6.07, 6.45) is 4.73. The number of hydrogen-bond acceptors (Lipinski definition) is 3. The van der Waals surface area contributed by atoms with Gasteiger partial charge in [0.25, 0.3) is 0 Å². The first kappa shape index (κ1) is 14.9. The predicted octanol–water partition coefficient (Wildman–Crippen LogP) is 3.18. The Morgan fingerprint density at radius 1 is 1.33 bits per heavy atom. The van der Waals surface area contributed by atoms with E-state index >= 15 is 0 Å². The van der Waals surface area contributed by atoms with Crippen molar-refractivity contribution in [3.8, 4) is 0 Å². The van der Waals surface area contributed by atoms with Crippen molar-refractivity contribution >= 4 is 17.7 Å². The molecule has 3 unspecified atom stereocenters. The van der Waals surface area contributed by atoms with E-state index in [1.807, 2.05) is 30.0 Å². The lowest BCUT2D eigenvalue weighted by molar-refractivity contribution is -0.132. The molecule has 0 spiro atoms. The third-order valence-electron chi connectivity index (χ3n) is 4.42. The van der Waals surface area contributed by atoms with Crippen LogP contribution >= 0.6 is 11.8 Å². The number of carbonyl (C=O) groups excluding carboxylic acids is 1. The molecule has 0 aliphatic carbocycles. The molecular weight excluding hydrogens is 280 g/mol. The molecule has 3 nitrogen and oxygen atoms in total. The molecule has 114 valence electrons. The predicted molar refractivity (Wildman–Crippen MR) is 88.2 cm³/mol. The van der Waals surface area contributed by atoms with Crippen molar-refractivity contribution in [1.29, 1.82) is 0 Å². The van der Waals surface area contributed by atoms with Crippen LogP contribution in [0.1, 0.15) is 44.2 Å². The van der Waals surface area contributed by atoms with E-state index in [-0.39, 0.29) is 18.1 Å². The molecule has 2 saturated heterocycles. The topological polar surface area (TPSA) is 32.3 Å². The molecule has 3 atom stereocenters. The largest absolute Gasteiger partial charge is 0.322 e. The number of thioether (sulfide) groups is 1. The van der Waals surface area contributed by atoms with E-state index in [9.17, 15) is 4.79 Å². The van der Waals surface area contributed by atoms with Crippen molar-refractivity contribution < 1.29 is 4.79 Å². The Balaban J connectivity index is 1.81. The monoisotopic (exact) mass is 304 g/mol. The minimum absolute atomic E-state index is 0.158. The molecule has 1 N–H and O–H groups in total. The maximum absolute atomic E-state index is 12.9. The van der Waals surface area contributed by atoms with Gasteiger partial charge in [0.1, 0.15) is 6.04 Å². The lowest BCUT2D eigenvalue weighted by Gasteiger charge is -2.34. The number of rotatable bonds is 4. The number of benzene rings is 1. The van der Waals surface area contributed by atoms with Crippen LogP contribution in [0.2, 0.25) is 0 Å². The first-order valence-electron chi connectivity index (χ1n) is 8.02. The number of nitrogens with one attached hydrogen (secondary N) is 1. The maximum Gasteiger partial charge on any atom is 0.245 e. The summed E-state index contributed by atoms with van der Waals surface area (Å²) < 4.78 is 0. The molecule has 1 aromatic rings. The van der Waals surface area contributed by atoms with E-state index in [0.717, 1.165) is 30.6 Å². The van der Waals surface area contributed by atoms with Crippen molar-refractivity contribution in [2.24, 2.45) is 0 Å². The highest BCUT2D eigenvalue weighted by molar-refractivity contribution is 7.99. The third-order valence-corrected chi connectivity index (χ3v) is 5.62. The van der Waals surface area contributed by atoms with Gasteiger partial charge < -0.3 is 4.90 Å². The summed E-state index contributed by atoms with van der Waals surface area (Å²) in [5, 5.41) is 3.57. The van der Waals surface area contributed by atoms with Crippen molar-refractivity contribution in [3.05, 3.63) is 35.9 Å². The highest BCUT2D eigenvalue weighted by atomic mass is 32.2. The molecule has 0 radical (unpaired) electrons. The minimum Gasteiger partial charge on any atom is -0.322 e. The van der Waals surface area contributed by atoms with Gasteiger partial charge in [0.05, 0.1) is 6.17 Å². The number of amides is 1. The fourth-order valence-corrected chi connectivity index (χ4v) is 4.54. The summed E-state index contributed by atoms with van der Waals surface area (Å²) in [6.45, 7) is 2.19. The molecule has 4 heteroatoms. The van der Waals surface area contributed by atoms with Gasteiger partial charge >= 0.3 is 0 Å². The van der Waals surface area contributed by atoms with Crippen molar-refractivity contribution in [2.75, 3.05) is 11.5 Å².